The van der Waals surface area contributed by atoms with Crippen LogP contribution in [0.5, 0.6) is 0 Å². The van der Waals surface area contributed by atoms with E-state index >= 15 is 0 Å². The fourth-order valence-electron chi connectivity index (χ4n) is 3.47. The van der Waals surface area contributed by atoms with E-state index in [4.69, 9.17) is 16.6 Å². The maximum absolute atomic E-state index is 14.6. The lowest BCUT2D eigenvalue weighted by atomic mass is 9.94. The summed E-state index contributed by atoms with van der Waals surface area (Å²) in [6, 6.07) is 18.7. The lowest BCUT2D eigenvalue weighted by Gasteiger charge is -2.14. The summed E-state index contributed by atoms with van der Waals surface area (Å²) in [6.45, 7) is 6.28. The lowest BCUT2D eigenvalue weighted by Crippen LogP contribution is -1.95. The van der Waals surface area contributed by atoms with Gasteiger partial charge in [-0.3, -0.25) is 0 Å². The Kier molecular flexibility index (Phi) is 4.45. The zero-order valence-electron chi connectivity index (χ0n) is 15.5. The van der Waals surface area contributed by atoms with Gasteiger partial charge in [-0.1, -0.05) is 35.9 Å². The van der Waals surface area contributed by atoms with Gasteiger partial charge in [-0.2, -0.15) is 0 Å². The van der Waals surface area contributed by atoms with Crippen LogP contribution in [0.3, 0.4) is 0 Å². The molecule has 0 unspecified atom stereocenters. The smallest absolute Gasteiger partial charge is 0.131 e. The fraction of sp³-hybridized carbons (Fsp3) is 0.125. The monoisotopic (exact) mass is 375 g/mol. The van der Waals surface area contributed by atoms with Crippen molar-refractivity contribution < 1.29 is 4.39 Å². The van der Waals surface area contributed by atoms with Crippen LogP contribution in [-0.4, -0.2) is 4.98 Å². The molecule has 0 saturated carbocycles. The standard InChI is InChI=1S/C24H19ClFN/c1-14-10-16(3)19(11-15(14)2)24-13-20(18-6-4-5-7-22(18)26)21-12-17(25)8-9-23(21)27-24/h4-13H,1-3H3. The van der Waals surface area contributed by atoms with Crippen molar-refractivity contribution in [3.05, 3.63) is 88.2 Å². The van der Waals surface area contributed by atoms with Gasteiger partial charge in [0.25, 0.3) is 0 Å². The third kappa shape index (κ3) is 3.22. The number of aromatic nitrogens is 1. The molecule has 0 amide bonds. The number of aryl methyl sites for hydroxylation is 3. The van der Waals surface area contributed by atoms with Gasteiger partial charge in [0.2, 0.25) is 0 Å². The summed E-state index contributed by atoms with van der Waals surface area (Å²) in [5.41, 5.74) is 7.66. The van der Waals surface area contributed by atoms with Gasteiger partial charge in [0.05, 0.1) is 11.2 Å². The molecule has 0 N–H and O–H groups in total. The largest absolute Gasteiger partial charge is 0.248 e. The van der Waals surface area contributed by atoms with Gasteiger partial charge in [0.15, 0.2) is 0 Å². The maximum atomic E-state index is 14.6. The molecule has 0 aliphatic carbocycles. The summed E-state index contributed by atoms with van der Waals surface area (Å²) in [4.78, 5) is 4.85. The van der Waals surface area contributed by atoms with E-state index in [-0.39, 0.29) is 5.82 Å². The molecule has 0 bridgehead atoms. The van der Waals surface area contributed by atoms with Crippen molar-refractivity contribution in [3.63, 3.8) is 0 Å². The molecule has 134 valence electrons. The normalized spacial score (nSPS) is 11.1. The van der Waals surface area contributed by atoms with Crippen LogP contribution >= 0.6 is 11.6 Å². The van der Waals surface area contributed by atoms with Gasteiger partial charge in [-0.05, 0) is 79.4 Å². The van der Waals surface area contributed by atoms with Crippen molar-refractivity contribution in [3.8, 4) is 22.4 Å². The zero-order valence-corrected chi connectivity index (χ0v) is 16.2. The third-order valence-corrected chi connectivity index (χ3v) is 5.29. The average molecular weight is 376 g/mol. The number of fused-ring (bicyclic) bond motifs is 1. The quantitative estimate of drug-likeness (QED) is 0.358. The summed E-state index contributed by atoms with van der Waals surface area (Å²) < 4.78 is 14.6. The number of pyridine rings is 1. The Bertz CT molecular complexity index is 1180. The molecule has 3 aromatic carbocycles. The van der Waals surface area contributed by atoms with Crippen LogP contribution in [-0.2, 0) is 0 Å². The van der Waals surface area contributed by atoms with E-state index in [1.165, 1.54) is 17.2 Å². The van der Waals surface area contributed by atoms with Crippen LogP contribution in [0.2, 0.25) is 5.02 Å². The zero-order chi connectivity index (χ0) is 19.1. The lowest BCUT2D eigenvalue weighted by molar-refractivity contribution is 0.631. The molecule has 27 heavy (non-hydrogen) atoms. The average Bonchev–Trinajstić information content (AvgIpc) is 2.64. The van der Waals surface area contributed by atoms with Crippen LogP contribution in [0.25, 0.3) is 33.3 Å². The van der Waals surface area contributed by atoms with E-state index in [9.17, 15) is 4.39 Å². The van der Waals surface area contributed by atoms with Gasteiger partial charge >= 0.3 is 0 Å². The molecule has 1 aromatic heterocycles. The van der Waals surface area contributed by atoms with Crippen molar-refractivity contribution >= 4 is 22.5 Å². The molecule has 1 nitrogen and oxygen atoms in total. The number of nitrogens with zero attached hydrogens (tertiary/aromatic N) is 1. The third-order valence-electron chi connectivity index (χ3n) is 5.05. The van der Waals surface area contributed by atoms with Crippen molar-refractivity contribution in [2.24, 2.45) is 0 Å². The highest BCUT2D eigenvalue weighted by atomic mass is 35.5. The Morgan fingerprint density at radius 1 is 0.741 bits per heavy atom. The Labute approximate surface area is 163 Å². The van der Waals surface area contributed by atoms with E-state index < -0.39 is 0 Å². The highest BCUT2D eigenvalue weighted by Crippen LogP contribution is 2.36. The molecule has 0 saturated heterocycles. The number of halogens is 2. The van der Waals surface area contributed by atoms with Crippen LogP contribution in [0, 0.1) is 26.6 Å². The minimum Gasteiger partial charge on any atom is -0.248 e. The molecular weight excluding hydrogens is 357 g/mol. The van der Waals surface area contributed by atoms with Gasteiger partial charge in [-0.25, -0.2) is 9.37 Å². The summed E-state index contributed by atoms with van der Waals surface area (Å²) in [7, 11) is 0. The highest BCUT2D eigenvalue weighted by Gasteiger charge is 2.14. The van der Waals surface area contributed by atoms with Crippen molar-refractivity contribution in [1.29, 1.82) is 0 Å². The van der Waals surface area contributed by atoms with E-state index in [0.29, 0.717) is 10.6 Å². The maximum Gasteiger partial charge on any atom is 0.131 e. The summed E-state index contributed by atoms with van der Waals surface area (Å²) in [6.07, 6.45) is 0. The van der Waals surface area contributed by atoms with Crippen LogP contribution in [0.4, 0.5) is 4.39 Å². The minimum atomic E-state index is -0.257. The van der Waals surface area contributed by atoms with Gasteiger partial charge in [-0.15, -0.1) is 0 Å². The molecular formula is C24H19ClFN. The number of hydrogen-bond acceptors (Lipinski definition) is 1. The van der Waals surface area contributed by atoms with E-state index in [1.54, 1.807) is 12.1 Å². The summed E-state index contributed by atoms with van der Waals surface area (Å²) in [5, 5.41) is 1.45. The molecule has 4 aromatic rings. The first-order chi connectivity index (χ1) is 12.9. The van der Waals surface area contributed by atoms with Gasteiger partial charge in [0, 0.05) is 21.5 Å². The first-order valence-corrected chi connectivity index (χ1v) is 9.25. The molecule has 0 aliphatic heterocycles. The molecule has 0 spiro atoms. The Balaban J connectivity index is 2.07. The minimum absolute atomic E-state index is 0.257. The Morgan fingerprint density at radius 3 is 2.26 bits per heavy atom. The van der Waals surface area contributed by atoms with Crippen molar-refractivity contribution in [1.82, 2.24) is 4.98 Å². The molecule has 0 atom stereocenters. The van der Waals surface area contributed by atoms with Crippen molar-refractivity contribution in [2.45, 2.75) is 20.8 Å². The fourth-order valence-corrected chi connectivity index (χ4v) is 3.65. The van der Waals surface area contributed by atoms with Crippen LogP contribution in [0.15, 0.2) is 60.7 Å². The summed E-state index contributed by atoms with van der Waals surface area (Å²) >= 11 is 6.22. The second-order valence-electron chi connectivity index (χ2n) is 6.95. The molecule has 4 rings (SSSR count). The second kappa shape index (κ2) is 6.79. The molecule has 1 heterocycles. The predicted octanol–water partition coefficient (Wildman–Crippen LogP) is 7.29. The molecule has 0 aliphatic rings. The van der Waals surface area contributed by atoms with Crippen molar-refractivity contribution in [2.75, 3.05) is 0 Å². The number of hydrogen-bond donors (Lipinski definition) is 0. The summed E-state index contributed by atoms with van der Waals surface area (Å²) in [5.74, 6) is -0.257. The van der Waals surface area contributed by atoms with Gasteiger partial charge in [0.1, 0.15) is 5.82 Å². The number of benzene rings is 3. The SMILES string of the molecule is Cc1cc(C)c(-c2cc(-c3ccccc3F)c3cc(Cl)ccc3n2)cc1C. The van der Waals surface area contributed by atoms with Gasteiger partial charge < -0.3 is 0 Å². The van der Waals surface area contributed by atoms with E-state index in [1.807, 2.05) is 30.3 Å². The first kappa shape index (κ1) is 17.7. The Morgan fingerprint density at radius 2 is 1.48 bits per heavy atom. The Hall–Kier alpha value is -2.71. The van der Waals surface area contributed by atoms with Crippen LogP contribution in [0.1, 0.15) is 16.7 Å². The topological polar surface area (TPSA) is 12.9 Å². The number of rotatable bonds is 2. The predicted molar refractivity (Wildman–Crippen MR) is 112 cm³/mol. The molecule has 3 heteroatoms. The van der Waals surface area contributed by atoms with E-state index in [2.05, 4.69) is 32.9 Å². The first-order valence-electron chi connectivity index (χ1n) is 8.87. The second-order valence-corrected chi connectivity index (χ2v) is 7.38. The van der Waals surface area contributed by atoms with Crippen LogP contribution < -0.4 is 0 Å². The highest BCUT2D eigenvalue weighted by molar-refractivity contribution is 6.31. The van der Waals surface area contributed by atoms with E-state index in [0.717, 1.165) is 33.3 Å². The molecule has 0 fully saturated rings. The molecule has 0 radical (unpaired) electrons.